The van der Waals surface area contributed by atoms with Crippen LogP contribution >= 0.6 is 0 Å². The van der Waals surface area contributed by atoms with Crippen LogP contribution in [-0.2, 0) is 9.47 Å². The van der Waals surface area contributed by atoms with Gasteiger partial charge in [0.1, 0.15) is 23.0 Å². The highest BCUT2D eigenvalue weighted by atomic mass is 16.6. The van der Waals surface area contributed by atoms with Gasteiger partial charge in [0.2, 0.25) is 0 Å². The number of hydrogen-bond donors (Lipinski definition) is 1. The number of piperidine rings is 2. The van der Waals surface area contributed by atoms with E-state index in [0.717, 1.165) is 25.7 Å². The normalized spacial score (nSPS) is 20.1. The Morgan fingerprint density at radius 3 is 1.88 bits per heavy atom. The lowest BCUT2D eigenvalue weighted by Gasteiger charge is -2.35. The maximum Gasteiger partial charge on any atom is 0.410 e. The first-order chi connectivity index (χ1) is 19.7. The molecule has 0 aliphatic carbocycles. The number of amides is 2. The zero-order valence-corrected chi connectivity index (χ0v) is 25.8. The molecule has 0 saturated carbocycles. The number of aliphatic hydroxyl groups excluding tert-OH is 1. The summed E-state index contributed by atoms with van der Waals surface area (Å²) in [5.41, 5.74) is 0.112. The zero-order chi connectivity index (χ0) is 30.9. The van der Waals surface area contributed by atoms with Crippen molar-refractivity contribution in [1.29, 1.82) is 0 Å². The van der Waals surface area contributed by atoms with Gasteiger partial charge < -0.3 is 24.4 Å². The van der Waals surface area contributed by atoms with Crippen molar-refractivity contribution < 1.29 is 29.0 Å². The lowest BCUT2D eigenvalue weighted by Crippen LogP contribution is -2.44. The van der Waals surface area contributed by atoms with Crippen LogP contribution in [0.1, 0.15) is 89.5 Å². The van der Waals surface area contributed by atoms with Gasteiger partial charge in [0.15, 0.2) is 5.78 Å². The molecule has 0 spiro atoms. The maximum atomic E-state index is 12.4. The summed E-state index contributed by atoms with van der Waals surface area (Å²) in [6.45, 7) is 13.3. The highest BCUT2D eigenvalue weighted by Gasteiger charge is 2.33. The Morgan fingerprint density at radius 1 is 0.810 bits per heavy atom. The summed E-state index contributed by atoms with van der Waals surface area (Å²) in [6, 6.07) is 10.8. The molecule has 0 unspecified atom stereocenters. The van der Waals surface area contributed by atoms with Crippen molar-refractivity contribution >= 4 is 18.0 Å². The van der Waals surface area contributed by atoms with E-state index in [4.69, 9.17) is 9.47 Å². The summed E-state index contributed by atoms with van der Waals surface area (Å²) in [5.74, 6) is -0.189. The second kappa shape index (κ2) is 14.6. The molecule has 4 heterocycles. The number of hydrogen-bond acceptors (Lipinski definition) is 8. The minimum absolute atomic E-state index is 0.00108. The lowest BCUT2D eigenvalue weighted by molar-refractivity contribution is 0.00164. The Bertz CT molecular complexity index is 1160. The summed E-state index contributed by atoms with van der Waals surface area (Å²) >= 11 is 0. The standard InChI is InChI=1S/C16H24N2O3.C16H22N2O3/c2*1-16(2,3)21-15(20)18-10-6-7-12(11-18)14(19)13-8-4-5-9-17-13/h4-5,8-9,12,14,19H,6-7,10-11H2,1-3H3;4-5,8-9,12H,6-7,10-11H2,1-3H3/t12-,14-;12-/m00/s1. The number of Topliss-reactive ketones (excluding diaryl/α,β-unsaturated/α-hetero) is 1. The third kappa shape index (κ3) is 10.4. The summed E-state index contributed by atoms with van der Waals surface area (Å²) < 4.78 is 10.8. The highest BCUT2D eigenvalue weighted by Crippen LogP contribution is 2.29. The summed E-state index contributed by atoms with van der Waals surface area (Å²) in [6.07, 6.45) is 5.34. The summed E-state index contributed by atoms with van der Waals surface area (Å²) in [7, 11) is 0. The highest BCUT2D eigenvalue weighted by molar-refractivity contribution is 5.96. The average molecular weight is 583 g/mol. The largest absolute Gasteiger partial charge is 0.444 e. The van der Waals surface area contributed by atoms with Crippen LogP contribution in [-0.4, -0.2) is 80.2 Å². The van der Waals surface area contributed by atoms with E-state index in [0.29, 0.717) is 37.6 Å². The number of aromatic nitrogens is 2. The molecule has 1 N–H and O–H groups in total. The molecule has 230 valence electrons. The molecule has 0 bridgehead atoms. The van der Waals surface area contributed by atoms with E-state index in [9.17, 15) is 19.5 Å². The van der Waals surface area contributed by atoms with E-state index in [1.54, 1.807) is 40.4 Å². The van der Waals surface area contributed by atoms with E-state index in [1.807, 2.05) is 59.7 Å². The minimum Gasteiger partial charge on any atom is -0.444 e. The molecule has 4 rings (SSSR count). The van der Waals surface area contributed by atoms with Gasteiger partial charge in [0.05, 0.1) is 5.69 Å². The third-order valence-electron chi connectivity index (χ3n) is 6.91. The predicted octanol–water partition coefficient (Wildman–Crippen LogP) is 5.67. The number of aliphatic hydroxyl groups is 1. The average Bonchev–Trinajstić information content (AvgIpc) is 2.96. The second-order valence-corrected chi connectivity index (χ2v) is 12.9. The zero-order valence-electron chi connectivity index (χ0n) is 25.8. The Labute approximate surface area is 249 Å². The van der Waals surface area contributed by atoms with Gasteiger partial charge in [-0.15, -0.1) is 0 Å². The fourth-order valence-corrected chi connectivity index (χ4v) is 4.95. The van der Waals surface area contributed by atoms with Crippen LogP contribution in [0.3, 0.4) is 0 Å². The molecule has 2 saturated heterocycles. The monoisotopic (exact) mass is 582 g/mol. The first-order valence-electron chi connectivity index (χ1n) is 14.7. The van der Waals surface area contributed by atoms with Crippen molar-refractivity contribution in [3.8, 4) is 0 Å². The van der Waals surface area contributed by atoms with Crippen LogP contribution < -0.4 is 0 Å². The van der Waals surface area contributed by atoms with Crippen LogP contribution in [0.15, 0.2) is 48.8 Å². The Hall–Kier alpha value is -3.53. The van der Waals surface area contributed by atoms with Gasteiger partial charge in [-0.3, -0.25) is 14.8 Å². The predicted molar refractivity (Wildman–Crippen MR) is 159 cm³/mol. The van der Waals surface area contributed by atoms with Gasteiger partial charge in [0, 0.05) is 50.4 Å². The number of likely N-dealkylation sites (tertiary alicyclic amines) is 2. The fourth-order valence-electron chi connectivity index (χ4n) is 4.95. The van der Waals surface area contributed by atoms with Crippen molar-refractivity contribution in [3.05, 3.63) is 60.2 Å². The van der Waals surface area contributed by atoms with Crippen molar-refractivity contribution in [2.24, 2.45) is 11.8 Å². The van der Waals surface area contributed by atoms with Crippen molar-refractivity contribution in [3.63, 3.8) is 0 Å². The number of carbonyl (C=O) groups is 3. The first-order valence-corrected chi connectivity index (χ1v) is 14.7. The number of nitrogens with zero attached hydrogens (tertiary/aromatic N) is 4. The van der Waals surface area contributed by atoms with Gasteiger partial charge in [0.25, 0.3) is 0 Å². The molecule has 3 atom stereocenters. The lowest BCUT2D eigenvalue weighted by atomic mass is 9.91. The van der Waals surface area contributed by atoms with Gasteiger partial charge >= 0.3 is 12.2 Å². The third-order valence-corrected chi connectivity index (χ3v) is 6.91. The Balaban J connectivity index is 0.000000230. The van der Waals surface area contributed by atoms with Crippen LogP contribution in [0.5, 0.6) is 0 Å². The van der Waals surface area contributed by atoms with E-state index in [2.05, 4.69) is 9.97 Å². The Kier molecular flexibility index (Phi) is 11.4. The van der Waals surface area contributed by atoms with Crippen LogP contribution in [0, 0.1) is 11.8 Å². The molecule has 0 aromatic carbocycles. The molecule has 42 heavy (non-hydrogen) atoms. The molecular formula is C32H46N4O6. The van der Waals surface area contributed by atoms with E-state index in [1.165, 1.54) is 0 Å². The maximum absolute atomic E-state index is 12.4. The molecular weight excluding hydrogens is 536 g/mol. The van der Waals surface area contributed by atoms with Crippen LogP contribution in [0.4, 0.5) is 9.59 Å². The quantitative estimate of drug-likeness (QED) is 0.458. The summed E-state index contributed by atoms with van der Waals surface area (Å²) in [4.78, 5) is 48.2. The number of rotatable bonds is 4. The van der Waals surface area contributed by atoms with Crippen LogP contribution in [0.25, 0.3) is 0 Å². The smallest absolute Gasteiger partial charge is 0.410 e. The van der Waals surface area contributed by atoms with Crippen molar-refractivity contribution in [2.75, 3.05) is 26.2 Å². The van der Waals surface area contributed by atoms with E-state index < -0.39 is 17.3 Å². The molecule has 2 aliphatic heterocycles. The number of carbonyl (C=O) groups excluding carboxylic acids is 3. The van der Waals surface area contributed by atoms with Crippen molar-refractivity contribution in [1.82, 2.24) is 19.8 Å². The SMILES string of the molecule is CC(C)(C)OC(=O)N1CCC[C@H](C(=O)c2ccccn2)C1.CC(C)(C)OC(=O)N1CCC[C@H]([C@H](O)c2ccccn2)C1. The van der Waals surface area contributed by atoms with Gasteiger partial charge in [-0.2, -0.15) is 0 Å². The molecule has 0 radical (unpaired) electrons. The number of ketones is 1. The van der Waals surface area contributed by atoms with E-state index >= 15 is 0 Å². The number of pyridine rings is 2. The molecule has 2 fully saturated rings. The minimum atomic E-state index is -0.642. The second-order valence-electron chi connectivity index (χ2n) is 12.9. The molecule has 2 amide bonds. The van der Waals surface area contributed by atoms with Gasteiger partial charge in [-0.05, 0) is 91.5 Å². The molecule has 2 aliphatic rings. The van der Waals surface area contributed by atoms with Gasteiger partial charge in [-0.25, -0.2) is 9.59 Å². The molecule has 2 aromatic heterocycles. The van der Waals surface area contributed by atoms with Crippen molar-refractivity contribution in [2.45, 2.75) is 84.5 Å². The van der Waals surface area contributed by atoms with Crippen LogP contribution in [0.2, 0.25) is 0 Å². The molecule has 10 heteroatoms. The fraction of sp³-hybridized carbons (Fsp3) is 0.594. The molecule has 10 nitrogen and oxygen atoms in total. The number of ether oxygens (including phenoxy) is 2. The Morgan fingerprint density at radius 2 is 1.36 bits per heavy atom. The van der Waals surface area contributed by atoms with E-state index in [-0.39, 0.29) is 29.8 Å². The van der Waals surface area contributed by atoms with Gasteiger partial charge in [-0.1, -0.05) is 12.1 Å². The summed E-state index contributed by atoms with van der Waals surface area (Å²) in [5, 5.41) is 10.4. The molecule has 2 aromatic rings. The first kappa shape index (κ1) is 33.0. The topological polar surface area (TPSA) is 122 Å².